The first kappa shape index (κ1) is 22.8. The second kappa shape index (κ2) is 9.34. The molecule has 1 N–H and O–H groups in total. The molecule has 2 atom stereocenters. The van der Waals surface area contributed by atoms with Crippen molar-refractivity contribution in [3.63, 3.8) is 0 Å². The summed E-state index contributed by atoms with van der Waals surface area (Å²) in [5.41, 5.74) is 1.27. The van der Waals surface area contributed by atoms with Crippen molar-refractivity contribution in [2.75, 3.05) is 11.9 Å². The molecule has 0 radical (unpaired) electrons. The third-order valence-electron chi connectivity index (χ3n) is 5.66. The number of para-hydroxylation sites is 3. The van der Waals surface area contributed by atoms with Gasteiger partial charge in [0.1, 0.15) is 12.3 Å². The van der Waals surface area contributed by atoms with E-state index in [1.54, 1.807) is 31.6 Å². The molecule has 2 unspecified atom stereocenters. The first-order valence-electron chi connectivity index (χ1n) is 11.0. The van der Waals surface area contributed by atoms with E-state index < -0.39 is 11.4 Å². The van der Waals surface area contributed by atoms with Crippen LogP contribution in [0.1, 0.15) is 24.6 Å². The monoisotopic (exact) mass is 493 g/mol. The molecule has 0 bridgehead atoms. The molecule has 1 amide bonds. The van der Waals surface area contributed by atoms with Crippen molar-refractivity contribution in [3.05, 3.63) is 76.5 Å². The number of benzene rings is 2. The number of nitrogens with zero attached hydrogens (tertiary/aromatic N) is 4. The minimum Gasteiger partial charge on any atom is -0.485 e. The highest BCUT2D eigenvalue weighted by Crippen LogP contribution is 2.36. The highest BCUT2D eigenvalue weighted by molar-refractivity contribution is 8.00. The lowest BCUT2D eigenvalue weighted by Gasteiger charge is -2.23. The average molecular weight is 494 g/mol. The summed E-state index contributed by atoms with van der Waals surface area (Å²) < 4.78 is 20.5. The van der Waals surface area contributed by atoms with E-state index in [9.17, 15) is 9.59 Å². The first-order chi connectivity index (χ1) is 16.9. The van der Waals surface area contributed by atoms with Crippen molar-refractivity contribution >= 4 is 23.4 Å². The van der Waals surface area contributed by atoms with Gasteiger partial charge in [-0.2, -0.15) is 0 Å². The second-order valence-corrected chi connectivity index (χ2v) is 9.25. The largest absolute Gasteiger partial charge is 0.485 e. The Labute approximate surface area is 204 Å². The van der Waals surface area contributed by atoms with E-state index in [-0.39, 0.29) is 34.9 Å². The Kier molecular flexibility index (Phi) is 6.08. The lowest BCUT2D eigenvalue weighted by atomic mass is 10.2. The Hall–Kier alpha value is -3.99. The summed E-state index contributed by atoms with van der Waals surface area (Å²) in [7, 11) is 1.77. The van der Waals surface area contributed by atoms with Crippen molar-refractivity contribution in [2.45, 2.75) is 30.4 Å². The Morgan fingerprint density at radius 3 is 2.60 bits per heavy atom. The van der Waals surface area contributed by atoms with Crippen LogP contribution in [0, 0.1) is 6.92 Å². The lowest BCUT2D eigenvalue weighted by Crippen LogP contribution is -2.27. The molecule has 0 aliphatic carbocycles. The highest BCUT2D eigenvalue weighted by Gasteiger charge is 2.29. The van der Waals surface area contributed by atoms with Gasteiger partial charge in [-0.3, -0.25) is 14.3 Å². The zero-order valence-corrected chi connectivity index (χ0v) is 20.1. The molecule has 10 nitrogen and oxygen atoms in total. The predicted molar refractivity (Wildman–Crippen MR) is 129 cm³/mol. The summed E-state index contributed by atoms with van der Waals surface area (Å²) in [6, 6.07) is 16.6. The van der Waals surface area contributed by atoms with Gasteiger partial charge < -0.3 is 19.2 Å². The second-order valence-electron chi connectivity index (χ2n) is 7.96. The molecule has 0 saturated carbocycles. The fraction of sp³-hybridized carbons (Fsp3) is 0.250. The summed E-state index contributed by atoms with van der Waals surface area (Å²) >= 11 is 1.10. The molecule has 2 aromatic carbocycles. The summed E-state index contributed by atoms with van der Waals surface area (Å²) in [5, 5.41) is 10.5. The third-order valence-corrected chi connectivity index (χ3v) is 6.59. The van der Waals surface area contributed by atoms with Crippen molar-refractivity contribution in [2.24, 2.45) is 7.05 Å². The molecule has 0 spiro atoms. The van der Waals surface area contributed by atoms with Crippen LogP contribution in [0.15, 0.2) is 69.0 Å². The molecular weight excluding hydrogens is 470 g/mol. The van der Waals surface area contributed by atoms with Crippen molar-refractivity contribution < 1.29 is 18.7 Å². The molecule has 2 aromatic heterocycles. The highest BCUT2D eigenvalue weighted by atomic mass is 32.2. The molecule has 3 heterocycles. The molecule has 4 aromatic rings. The Morgan fingerprint density at radius 1 is 1.11 bits per heavy atom. The number of hydrogen-bond acceptors (Lipinski definition) is 8. The minimum atomic E-state index is -0.600. The van der Waals surface area contributed by atoms with Crippen LogP contribution >= 0.6 is 11.8 Å². The maximum absolute atomic E-state index is 13.0. The molecule has 0 fully saturated rings. The molecule has 5 rings (SSSR count). The minimum absolute atomic E-state index is 0.219. The SMILES string of the molecule is Cc1c(NC(=O)C(C)Sc2nnc(C3COc4ccccc4O3)o2)c(=O)n(-c2ccccc2)n1C. The summed E-state index contributed by atoms with van der Waals surface area (Å²) in [4.78, 5) is 25.9. The Bertz CT molecular complexity index is 1430. The molecule has 0 saturated heterocycles. The molecular formula is C24H23N5O5S. The van der Waals surface area contributed by atoms with E-state index in [2.05, 4.69) is 15.5 Å². The number of nitrogens with one attached hydrogen (secondary N) is 1. The molecule has 1 aliphatic rings. The van der Waals surface area contributed by atoms with E-state index in [4.69, 9.17) is 13.9 Å². The third kappa shape index (κ3) is 4.42. The zero-order valence-electron chi connectivity index (χ0n) is 19.3. The number of hydrogen-bond donors (Lipinski definition) is 1. The van der Waals surface area contributed by atoms with Crippen LogP contribution in [0.25, 0.3) is 5.69 Å². The molecule has 11 heteroatoms. The topological polar surface area (TPSA) is 113 Å². The summed E-state index contributed by atoms with van der Waals surface area (Å²) in [5.74, 6) is 1.17. The normalized spacial score (nSPS) is 15.6. The van der Waals surface area contributed by atoms with E-state index in [0.717, 1.165) is 11.8 Å². The number of ether oxygens (including phenoxy) is 2. The fourth-order valence-electron chi connectivity index (χ4n) is 3.68. The van der Waals surface area contributed by atoms with Gasteiger partial charge in [0.15, 0.2) is 11.5 Å². The van der Waals surface area contributed by atoms with E-state index in [1.807, 2.05) is 48.5 Å². The van der Waals surface area contributed by atoms with E-state index >= 15 is 0 Å². The Balaban J connectivity index is 1.27. The van der Waals surface area contributed by atoms with Gasteiger partial charge in [0.25, 0.3) is 16.7 Å². The summed E-state index contributed by atoms with van der Waals surface area (Å²) in [6.07, 6.45) is -0.542. The van der Waals surface area contributed by atoms with Gasteiger partial charge in [0.2, 0.25) is 12.0 Å². The number of carbonyl (C=O) groups excluding carboxylic acids is 1. The van der Waals surface area contributed by atoms with Gasteiger partial charge in [0.05, 0.1) is 16.6 Å². The van der Waals surface area contributed by atoms with Gasteiger partial charge in [-0.25, -0.2) is 4.68 Å². The van der Waals surface area contributed by atoms with Crippen molar-refractivity contribution in [3.8, 4) is 17.2 Å². The van der Waals surface area contributed by atoms with Crippen LogP contribution in [-0.4, -0.2) is 37.3 Å². The number of thioether (sulfide) groups is 1. The molecule has 35 heavy (non-hydrogen) atoms. The van der Waals surface area contributed by atoms with Crippen LogP contribution in [0.5, 0.6) is 11.5 Å². The van der Waals surface area contributed by atoms with E-state index in [1.165, 1.54) is 4.68 Å². The number of amides is 1. The number of rotatable bonds is 6. The number of fused-ring (bicyclic) bond motifs is 1. The number of carbonyl (C=O) groups is 1. The lowest BCUT2D eigenvalue weighted by molar-refractivity contribution is -0.115. The van der Waals surface area contributed by atoms with Gasteiger partial charge in [-0.1, -0.05) is 42.1 Å². The van der Waals surface area contributed by atoms with Crippen LogP contribution in [-0.2, 0) is 11.8 Å². The first-order valence-corrected chi connectivity index (χ1v) is 11.8. The molecule has 1 aliphatic heterocycles. The van der Waals surface area contributed by atoms with Gasteiger partial charge >= 0.3 is 0 Å². The van der Waals surface area contributed by atoms with Crippen LogP contribution in [0.3, 0.4) is 0 Å². The van der Waals surface area contributed by atoms with Crippen LogP contribution in [0.2, 0.25) is 0 Å². The van der Waals surface area contributed by atoms with Crippen LogP contribution < -0.4 is 20.3 Å². The average Bonchev–Trinajstić information content (AvgIpc) is 3.42. The maximum Gasteiger partial charge on any atom is 0.295 e. The molecule has 180 valence electrons. The number of anilines is 1. The van der Waals surface area contributed by atoms with Crippen LogP contribution in [0.4, 0.5) is 5.69 Å². The number of aromatic nitrogens is 4. The zero-order chi connectivity index (χ0) is 24.5. The van der Waals surface area contributed by atoms with Gasteiger partial charge in [-0.15, -0.1) is 10.2 Å². The van der Waals surface area contributed by atoms with Gasteiger partial charge in [0, 0.05) is 7.05 Å². The van der Waals surface area contributed by atoms with E-state index in [0.29, 0.717) is 22.9 Å². The van der Waals surface area contributed by atoms with Crippen molar-refractivity contribution in [1.29, 1.82) is 0 Å². The van der Waals surface area contributed by atoms with Gasteiger partial charge in [-0.05, 0) is 38.1 Å². The quantitative estimate of drug-likeness (QED) is 0.406. The standard InChI is InChI=1S/C24H23N5O5S/c1-14-20(23(31)29(28(14)3)16-9-5-4-6-10-16)25-21(30)15(2)35-24-27-26-22(34-24)19-13-32-17-11-7-8-12-18(17)33-19/h4-12,15,19H,13H2,1-3H3,(H,25,30). The maximum atomic E-state index is 13.0. The Morgan fingerprint density at radius 2 is 1.83 bits per heavy atom. The predicted octanol–water partition coefficient (Wildman–Crippen LogP) is 3.50. The van der Waals surface area contributed by atoms with Crippen molar-refractivity contribution in [1.82, 2.24) is 19.6 Å². The fourth-order valence-corrected chi connectivity index (χ4v) is 4.37. The summed E-state index contributed by atoms with van der Waals surface area (Å²) in [6.45, 7) is 3.72. The smallest absolute Gasteiger partial charge is 0.295 e.